The van der Waals surface area contributed by atoms with Crippen LogP contribution in [0.4, 0.5) is 0 Å². The molecule has 1 aromatic rings. The number of aryl methyl sites for hydroxylation is 1. The summed E-state index contributed by atoms with van der Waals surface area (Å²) < 4.78 is 0. The van der Waals surface area contributed by atoms with Gasteiger partial charge in [-0.3, -0.25) is 0 Å². The first-order valence-electron chi connectivity index (χ1n) is 7.58. The topological polar surface area (TPSA) is 12.0 Å². The highest BCUT2D eigenvalue weighted by Gasteiger charge is 2.25. The zero-order valence-electron chi connectivity index (χ0n) is 12.0. The molecule has 1 nitrogen and oxygen atoms in total. The van der Waals surface area contributed by atoms with Gasteiger partial charge in [-0.1, -0.05) is 31.2 Å². The molecule has 0 heterocycles. The maximum atomic E-state index is 5.36. The summed E-state index contributed by atoms with van der Waals surface area (Å²) in [6.45, 7) is 3.25. The second-order valence-electron chi connectivity index (χ2n) is 5.53. The molecule has 0 spiro atoms. The highest BCUT2D eigenvalue weighted by atomic mass is 14.9. The summed E-state index contributed by atoms with van der Waals surface area (Å²) >= 11 is 0. The van der Waals surface area contributed by atoms with Crippen molar-refractivity contribution in [3.63, 3.8) is 0 Å². The molecule has 0 saturated heterocycles. The summed E-state index contributed by atoms with van der Waals surface area (Å²) in [7, 11) is 0. The van der Waals surface area contributed by atoms with Crippen molar-refractivity contribution in [3.8, 4) is 12.3 Å². The fourth-order valence-corrected chi connectivity index (χ4v) is 3.26. The normalized spacial score (nSPS) is 19.5. The van der Waals surface area contributed by atoms with E-state index in [1.54, 1.807) is 11.1 Å². The first-order chi connectivity index (χ1) is 9.35. The van der Waals surface area contributed by atoms with Crippen LogP contribution < -0.4 is 5.32 Å². The minimum Gasteiger partial charge on any atom is -0.314 e. The van der Waals surface area contributed by atoms with E-state index in [4.69, 9.17) is 6.42 Å². The molecular formula is C18H25N. The van der Waals surface area contributed by atoms with E-state index in [0.717, 1.165) is 25.3 Å². The lowest BCUT2D eigenvalue weighted by Crippen LogP contribution is -2.38. The molecule has 1 heteroatoms. The third kappa shape index (κ3) is 3.85. The van der Waals surface area contributed by atoms with Crippen LogP contribution >= 0.6 is 0 Å². The van der Waals surface area contributed by atoms with Gasteiger partial charge < -0.3 is 5.32 Å². The van der Waals surface area contributed by atoms with Gasteiger partial charge in [0.05, 0.1) is 0 Å². The Morgan fingerprint density at radius 3 is 2.89 bits per heavy atom. The van der Waals surface area contributed by atoms with E-state index in [0.29, 0.717) is 6.04 Å². The van der Waals surface area contributed by atoms with Crippen molar-refractivity contribution >= 4 is 0 Å². The number of hydrogen-bond donors (Lipinski definition) is 1. The molecule has 0 fully saturated rings. The predicted molar refractivity (Wildman–Crippen MR) is 82.1 cm³/mol. The molecule has 2 unspecified atom stereocenters. The van der Waals surface area contributed by atoms with Crippen molar-refractivity contribution in [1.29, 1.82) is 0 Å². The van der Waals surface area contributed by atoms with Crippen molar-refractivity contribution in [2.24, 2.45) is 5.92 Å². The third-order valence-electron chi connectivity index (χ3n) is 4.26. The van der Waals surface area contributed by atoms with Gasteiger partial charge in [-0.15, -0.1) is 12.3 Å². The van der Waals surface area contributed by atoms with Crippen LogP contribution in [0.3, 0.4) is 0 Å². The highest BCUT2D eigenvalue weighted by molar-refractivity contribution is 5.30. The SMILES string of the molecule is C#CCCCC(NCC)C1CCc2ccccc2C1. The van der Waals surface area contributed by atoms with Gasteiger partial charge in [0.2, 0.25) is 0 Å². The second-order valence-corrected chi connectivity index (χ2v) is 5.53. The van der Waals surface area contributed by atoms with E-state index in [1.165, 1.54) is 25.7 Å². The number of rotatable bonds is 6. The average molecular weight is 255 g/mol. The number of benzene rings is 1. The molecule has 1 N–H and O–H groups in total. The number of terminal acetylenes is 1. The lowest BCUT2D eigenvalue weighted by atomic mass is 9.78. The van der Waals surface area contributed by atoms with E-state index in [1.807, 2.05) is 0 Å². The van der Waals surface area contributed by atoms with Crippen molar-refractivity contribution in [2.45, 2.75) is 51.5 Å². The largest absolute Gasteiger partial charge is 0.314 e. The first kappa shape index (κ1) is 14.2. The predicted octanol–water partition coefficient (Wildman–Crippen LogP) is 3.57. The Labute approximate surface area is 117 Å². The molecule has 1 aliphatic carbocycles. The standard InChI is InChI=1S/C18H25N/c1-3-5-6-11-18(19-4-2)17-13-12-15-9-7-8-10-16(15)14-17/h1,7-10,17-19H,4-6,11-14H2,2H3. The Morgan fingerprint density at radius 1 is 1.37 bits per heavy atom. The zero-order chi connectivity index (χ0) is 13.5. The Bertz CT molecular complexity index is 430. The molecule has 0 amide bonds. The molecule has 19 heavy (non-hydrogen) atoms. The van der Waals surface area contributed by atoms with Gasteiger partial charge in [0.25, 0.3) is 0 Å². The highest BCUT2D eigenvalue weighted by Crippen LogP contribution is 2.29. The van der Waals surface area contributed by atoms with Gasteiger partial charge in [0.15, 0.2) is 0 Å². The van der Waals surface area contributed by atoms with Gasteiger partial charge in [-0.05, 0) is 55.7 Å². The fraction of sp³-hybridized carbons (Fsp3) is 0.556. The van der Waals surface area contributed by atoms with Crippen LogP contribution in [0.15, 0.2) is 24.3 Å². The molecule has 2 rings (SSSR count). The van der Waals surface area contributed by atoms with Crippen molar-refractivity contribution in [2.75, 3.05) is 6.54 Å². The Hall–Kier alpha value is -1.26. The molecule has 0 aromatic heterocycles. The van der Waals surface area contributed by atoms with Crippen LogP contribution in [-0.4, -0.2) is 12.6 Å². The smallest absolute Gasteiger partial charge is 0.00988 e. The van der Waals surface area contributed by atoms with Crippen molar-refractivity contribution < 1.29 is 0 Å². The number of unbranched alkanes of at least 4 members (excludes halogenated alkanes) is 1. The first-order valence-corrected chi connectivity index (χ1v) is 7.58. The van der Waals surface area contributed by atoms with Gasteiger partial charge in [0, 0.05) is 12.5 Å². The summed E-state index contributed by atoms with van der Waals surface area (Å²) in [5, 5.41) is 3.67. The molecule has 0 radical (unpaired) electrons. The molecule has 2 atom stereocenters. The Morgan fingerprint density at radius 2 is 2.16 bits per heavy atom. The summed E-state index contributed by atoms with van der Waals surface area (Å²) in [4.78, 5) is 0. The summed E-state index contributed by atoms with van der Waals surface area (Å²) in [6.07, 6.45) is 12.4. The molecule has 0 bridgehead atoms. The molecule has 0 aliphatic heterocycles. The fourth-order valence-electron chi connectivity index (χ4n) is 3.26. The molecule has 1 aromatic carbocycles. The summed E-state index contributed by atoms with van der Waals surface area (Å²) in [6, 6.07) is 9.54. The van der Waals surface area contributed by atoms with E-state index >= 15 is 0 Å². The van der Waals surface area contributed by atoms with Gasteiger partial charge >= 0.3 is 0 Å². The minimum absolute atomic E-state index is 0.631. The van der Waals surface area contributed by atoms with Crippen LogP contribution in [0.25, 0.3) is 0 Å². The van der Waals surface area contributed by atoms with E-state index in [2.05, 4.69) is 42.4 Å². The minimum atomic E-state index is 0.631. The Kier molecular flexibility index (Phi) is 5.48. The monoisotopic (exact) mass is 255 g/mol. The molecule has 0 saturated carbocycles. The summed E-state index contributed by atoms with van der Waals surface area (Å²) in [5.74, 6) is 3.53. The van der Waals surface area contributed by atoms with Crippen LogP contribution in [0.2, 0.25) is 0 Å². The van der Waals surface area contributed by atoms with Gasteiger partial charge in [0.1, 0.15) is 0 Å². The van der Waals surface area contributed by atoms with Crippen molar-refractivity contribution in [1.82, 2.24) is 5.32 Å². The molecular weight excluding hydrogens is 230 g/mol. The zero-order valence-corrected chi connectivity index (χ0v) is 12.0. The van der Waals surface area contributed by atoms with E-state index < -0.39 is 0 Å². The maximum absolute atomic E-state index is 5.36. The van der Waals surface area contributed by atoms with Crippen LogP contribution in [-0.2, 0) is 12.8 Å². The van der Waals surface area contributed by atoms with Gasteiger partial charge in [-0.2, -0.15) is 0 Å². The van der Waals surface area contributed by atoms with Crippen molar-refractivity contribution in [3.05, 3.63) is 35.4 Å². The number of fused-ring (bicyclic) bond motifs is 1. The number of hydrogen-bond acceptors (Lipinski definition) is 1. The lowest BCUT2D eigenvalue weighted by molar-refractivity contribution is 0.305. The average Bonchev–Trinajstić information content (AvgIpc) is 2.46. The van der Waals surface area contributed by atoms with Crippen LogP contribution in [0.5, 0.6) is 0 Å². The number of nitrogens with one attached hydrogen (secondary N) is 1. The summed E-state index contributed by atoms with van der Waals surface area (Å²) in [5.41, 5.74) is 3.11. The van der Waals surface area contributed by atoms with Crippen LogP contribution in [0.1, 0.15) is 43.7 Å². The third-order valence-corrected chi connectivity index (χ3v) is 4.26. The van der Waals surface area contributed by atoms with E-state index in [-0.39, 0.29) is 0 Å². The molecule has 102 valence electrons. The van der Waals surface area contributed by atoms with Crippen LogP contribution in [0, 0.1) is 18.3 Å². The quantitative estimate of drug-likeness (QED) is 0.605. The maximum Gasteiger partial charge on any atom is 0.00988 e. The lowest BCUT2D eigenvalue weighted by Gasteiger charge is -2.32. The molecule has 1 aliphatic rings. The Balaban J connectivity index is 1.97. The van der Waals surface area contributed by atoms with E-state index in [9.17, 15) is 0 Å². The van der Waals surface area contributed by atoms with Gasteiger partial charge in [-0.25, -0.2) is 0 Å². The second kappa shape index (κ2) is 7.36.